The second-order valence-electron chi connectivity index (χ2n) is 6.49. The third-order valence-electron chi connectivity index (χ3n) is 4.25. The summed E-state index contributed by atoms with van der Waals surface area (Å²) in [6.07, 6.45) is 0. The molecule has 0 aliphatic rings. The van der Waals surface area contributed by atoms with Crippen molar-refractivity contribution in [3.63, 3.8) is 0 Å². The number of hydrogen-bond acceptors (Lipinski definition) is 6. The molecule has 0 aliphatic heterocycles. The molecule has 0 fully saturated rings. The zero-order valence-electron chi connectivity index (χ0n) is 16.7. The minimum absolute atomic E-state index is 0.167. The molecule has 3 aromatic rings. The number of ether oxygens (including phenoxy) is 1. The van der Waals surface area contributed by atoms with Crippen molar-refractivity contribution < 1.29 is 13.9 Å². The average Bonchev–Trinajstić information content (AvgIpc) is 3.17. The zero-order valence-corrected chi connectivity index (χ0v) is 19.0. The van der Waals surface area contributed by atoms with Crippen LogP contribution in [0.25, 0.3) is 11.5 Å². The maximum Gasteiger partial charge on any atom is 0.277 e. The van der Waals surface area contributed by atoms with E-state index in [4.69, 9.17) is 32.4 Å². The number of carbonyl (C=O) groups is 1. The van der Waals surface area contributed by atoms with Gasteiger partial charge in [-0.3, -0.25) is 4.79 Å². The number of rotatable bonds is 8. The standard InChI is InChI=1S/C21H21Cl2N3O3S/c1-4-28-16-8-5-14(6-9-16)20-25-26-21(29-20)30-13(3)19(27)24-12(2)17-10-7-15(22)11-18(17)23/h5-13H,4H2,1-3H3,(H,24,27)/t12-,13+/m1/s1. The molecule has 6 nitrogen and oxygen atoms in total. The normalized spacial score (nSPS) is 13.0. The van der Waals surface area contributed by atoms with E-state index in [-0.39, 0.29) is 11.9 Å². The first-order valence-corrected chi connectivity index (χ1v) is 11.0. The van der Waals surface area contributed by atoms with Crippen LogP contribution in [-0.2, 0) is 4.79 Å². The van der Waals surface area contributed by atoms with Crippen molar-refractivity contribution in [3.8, 4) is 17.2 Å². The van der Waals surface area contributed by atoms with Crippen molar-refractivity contribution in [2.75, 3.05) is 6.61 Å². The van der Waals surface area contributed by atoms with Crippen LogP contribution in [0.5, 0.6) is 5.75 Å². The van der Waals surface area contributed by atoms with Crippen LogP contribution in [-0.4, -0.2) is 28.0 Å². The molecule has 1 N–H and O–H groups in total. The summed E-state index contributed by atoms with van der Waals surface area (Å²) in [6, 6.07) is 12.3. The van der Waals surface area contributed by atoms with Gasteiger partial charge in [0.05, 0.1) is 17.9 Å². The van der Waals surface area contributed by atoms with E-state index in [0.29, 0.717) is 27.8 Å². The van der Waals surface area contributed by atoms with Crippen molar-refractivity contribution >= 4 is 40.9 Å². The second kappa shape index (κ2) is 10.2. The van der Waals surface area contributed by atoms with E-state index in [0.717, 1.165) is 16.9 Å². The van der Waals surface area contributed by atoms with Crippen molar-refractivity contribution in [3.05, 3.63) is 58.1 Å². The van der Waals surface area contributed by atoms with Gasteiger partial charge >= 0.3 is 0 Å². The van der Waals surface area contributed by atoms with E-state index in [1.165, 1.54) is 11.8 Å². The Morgan fingerprint density at radius 3 is 2.57 bits per heavy atom. The Kier molecular flexibility index (Phi) is 7.64. The molecule has 1 heterocycles. The van der Waals surface area contributed by atoms with E-state index in [9.17, 15) is 4.79 Å². The highest BCUT2D eigenvalue weighted by Crippen LogP contribution is 2.29. The number of nitrogens with zero attached hydrogens (tertiary/aromatic N) is 2. The molecule has 0 saturated carbocycles. The lowest BCUT2D eigenvalue weighted by atomic mass is 10.1. The Hall–Kier alpha value is -2.22. The third kappa shape index (κ3) is 5.68. The maximum absolute atomic E-state index is 12.6. The highest BCUT2D eigenvalue weighted by Gasteiger charge is 2.21. The summed E-state index contributed by atoms with van der Waals surface area (Å²) in [5.41, 5.74) is 1.57. The lowest BCUT2D eigenvalue weighted by Gasteiger charge is -2.18. The van der Waals surface area contributed by atoms with Crippen LogP contribution in [0.1, 0.15) is 32.4 Å². The summed E-state index contributed by atoms with van der Waals surface area (Å²) in [5, 5.41) is 12.0. The zero-order chi connectivity index (χ0) is 21.7. The van der Waals surface area contributed by atoms with Crippen LogP contribution in [0.15, 0.2) is 52.1 Å². The van der Waals surface area contributed by atoms with Crippen LogP contribution < -0.4 is 10.1 Å². The van der Waals surface area contributed by atoms with Gasteiger partial charge in [0.25, 0.3) is 5.22 Å². The van der Waals surface area contributed by atoms with Crippen LogP contribution in [0.4, 0.5) is 0 Å². The highest BCUT2D eigenvalue weighted by atomic mass is 35.5. The number of thioether (sulfide) groups is 1. The SMILES string of the molecule is CCOc1ccc(-c2nnc(S[C@@H](C)C(=O)N[C@H](C)c3ccc(Cl)cc3Cl)o2)cc1. The molecule has 9 heteroatoms. The lowest BCUT2D eigenvalue weighted by Crippen LogP contribution is -2.33. The fourth-order valence-corrected chi connectivity index (χ4v) is 3.97. The smallest absolute Gasteiger partial charge is 0.277 e. The number of halogens is 2. The predicted octanol–water partition coefficient (Wildman–Crippen LogP) is 5.80. The molecule has 0 spiro atoms. The van der Waals surface area contributed by atoms with Gasteiger partial charge in [0.15, 0.2) is 0 Å². The molecule has 158 valence electrons. The minimum atomic E-state index is -0.438. The number of nitrogens with one attached hydrogen (secondary N) is 1. The van der Waals surface area contributed by atoms with E-state index in [1.807, 2.05) is 38.1 Å². The van der Waals surface area contributed by atoms with Gasteiger partial charge in [0.2, 0.25) is 11.8 Å². The molecule has 3 rings (SSSR count). The topological polar surface area (TPSA) is 77.2 Å². The largest absolute Gasteiger partial charge is 0.494 e. The van der Waals surface area contributed by atoms with E-state index >= 15 is 0 Å². The lowest BCUT2D eigenvalue weighted by molar-refractivity contribution is -0.120. The summed E-state index contributed by atoms with van der Waals surface area (Å²) < 4.78 is 11.1. The monoisotopic (exact) mass is 465 g/mol. The summed E-state index contributed by atoms with van der Waals surface area (Å²) in [7, 11) is 0. The predicted molar refractivity (Wildman–Crippen MR) is 119 cm³/mol. The van der Waals surface area contributed by atoms with Gasteiger partial charge in [-0.05, 0) is 62.7 Å². The third-order valence-corrected chi connectivity index (χ3v) is 5.75. The summed E-state index contributed by atoms with van der Waals surface area (Å²) in [5.74, 6) is 0.990. The molecule has 0 unspecified atom stereocenters. The number of aromatic nitrogens is 2. The molecule has 0 saturated heterocycles. The van der Waals surface area contributed by atoms with Crippen molar-refractivity contribution in [1.29, 1.82) is 0 Å². The first kappa shape index (κ1) is 22.5. The van der Waals surface area contributed by atoms with Crippen molar-refractivity contribution in [1.82, 2.24) is 15.5 Å². The Morgan fingerprint density at radius 2 is 1.90 bits per heavy atom. The molecule has 0 bridgehead atoms. The summed E-state index contributed by atoms with van der Waals surface area (Å²) in [4.78, 5) is 12.6. The summed E-state index contributed by atoms with van der Waals surface area (Å²) in [6.45, 7) is 6.17. The fraction of sp³-hybridized carbons (Fsp3) is 0.286. The number of benzene rings is 2. The fourth-order valence-electron chi connectivity index (χ4n) is 2.70. The second-order valence-corrected chi connectivity index (χ2v) is 8.62. The number of carbonyl (C=O) groups excluding carboxylic acids is 1. The molecule has 1 aromatic heterocycles. The Bertz CT molecular complexity index is 1010. The highest BCUT2D eigenvalue weighted by molar-refractivity contribution is 8.00. The van der Waals surface area contributed by atoms with Gasteiger partial charge in [-0.25, -0.2) is 0 Å². The molecular weight excluding hydrogens is 445 g/mol. The molecule has 2 atom stereocenters. The van der Waals surface area contributed by atoms with Gasteiger partial charge in [-0.1, -0.05) is 41.0 Å². The Morgan fingerprint density at radius 1 is 1.17 bits per heavy atom. The molecule has 0 aliphatic carbocycles. The molecule has 1 amide bonds. The van der Waals surface area contributed by atoms with Crippen molar-refractivity contribution in [2.24, 2.45) is 0 Å². The van der Waals surface area contributed by atoms with Gasteiger partial charge < -0.3 is 14.5 Å². The minimum Gasteiger partial charge on any atom is -0.494 e. The van der Waals surface area contributed by atoms with Gasteiger partial charge in [0.1, 0.15) is 5.75 Å². The van der Waals surface area contributed by atoms with E-state index < -0.39 is 5.25 Å². The summed E-state index contributed by atoms with van der Waals surface area (Å²) >= 11 is 13.3. The number of hydrogen-bond donors (Lipinski definition) is 1. The first-order valence-electron chi connectivity index (χ1n) is 9.36. The van der Waals surface area contributed by atoms with Crippen LogP contribution in [0.3, 0.4) is 0 Å². The molecular formula is C21H21Cl2N3O3S. The molecule has 0 radical (unpaired) electrons. The van der Waals surface area contributed by atoms with Gasteiger partial charge in [-0.2, -0.15) is 0 Å². The van der Waals surface area contributed by atoms with Crippen LogP contribution >= 0.6 is 35.0 Å². The van der Waals surface area contributed by atoms with Crippen LogP contribution in [0.2, 0.25) is 10.0 Å². The quantitative estimate of drug-likeness (QED) is 0.423. The first-order chi connectivity index (χ1) is 14.4. The van der Waals surface area contributed by atoms with Crippen molar-refractivity contribution in [2.45, 2.75) is 37.3 Å². The van der Waals surface area contributed by atoms with E-state index in [1.54, 1.807) is 25.1 Å². The Balaban J connectivity index is 1.60. The van der Waals surface area contributed by atoms with Gasteiger partial charge in [-0.15, -0.1) is 10.2 Å². The van der Waals surface area contributed by atoms with Gasteiger partial charge in [0, 0.05) is 15.6 Å². The molecule has 30 heavy (non-hydrogen) atoms. The van der Waals surface area contributed by atoms with Crippen LogP contribution in [0, 0.1) is 0 Å². The molecule has 2 aromatic carbocycles. The average molecular weight is 466 g/mol. The number of amides is 1. The van der Waals surface area contributed by atoms with E-state index in [2.05, 4.69) is 15.5 Å². The Labute approximate surface area is 189 Å². The maximum atomic E-state index is 12.6.